The molecule has 0 radical (unpaired) electrons. The number of anilines is 1. The summed E-state index contributed by atoms with van der Waals surface area (Å²) in [5.41, 5.74) is 0.283. The van der Waals surface area contributed by atoms with Gasteiger partial charge in [-0.1, -0.05) is 23.9 Å². The molecule has 12 heteroatoms. The van der Waals surface area contributed by atoms with Crippen LogP contribution in [-0.4, -0.2) is 43.0 Å². The molecule has 1 saturated heterocycles. The lowest BCUT2D eigenvalue weighted by molar-refractivity contribution is -0.139. The number of nitrogens with one attached hydrogen (secondary N) is 1. The van der Waals surface area contributed by atoms with Gasteiger partial charge in [0.15, 0.2) is 4.34 Å². The zero-order chi connectivity index (χ0) is 23.8. The van der Waals surface area contributed by atoms with E-state index >= 15 is 0 Å². The molecule has 3 aromatic rings. The molecule has 33 heavy (non-hydrogen) atoms. The molecule has 0 aliphatic carbocycles. The minimum absolute atomic E-state index is 0.0302. The molecule has 1 N–H and O–H groups in total. The molecule has 2 heterocycles. The summed E-state index contributed by atoms with van der Waals surface area (Å²) in [6.07, 6.45) is -2.40. The molecular formula is C21H20F3N3O3S3. The van der Waals surface area contributed by atoms with E-state index < -0.39 is 32.6 Å². The fourth-order valence-corrected chi connectivity index (χ4v) is 6.95. The number of sulfonamides is 1. The summed E-state index contributed by atoms with van der Waals surface area (Å²) in [6, 6.07) is 9.59. The molecule has 4 rings (SSSR count). The Morgan fingerprint density at radius 1 is 1.18 bits per heavy atom. The molecule has 1 aromatic heterocycles. The number of carbonyl (C=O) groups is 1. The second-order valence-electron chi connectivity index (χ2n) is 7.53. The van der Waals surface area contributed by atoms with Crippen LogP contribution in [-0.2, 0) is 21.0 Å². The highest BCUT2D eigenvalue weighted by molar-refractivity contribution is 8.00. The van der Waals surface area contributed by atoms with Gasteiger partial charge < -0.3 is 5.32 Å². The molecule has 1 fully saturated rings. The average molecular weight is 516 g/mol. The number of nitrogens with zero attached hydrogens (tertiary/aromatic N) is 2. The number of hydrogen-bond donors (Lipinski definition) is 1. The summed E-state index contributed by atoms with van der Waals surface area (Å²) in [5, 5.41) is 2.86. The number of amides is 1. The number of hydrogen-bond acceptors (Lipinski definition) is 6. The molecule has 0 bridgehead atoms. The van der Waals surface area contributed by atoms with Crippen molar-refractivity contribution in [3.8, 4) is 0 Å². The Labute approximate surface area is 197 Å². The van der Waals surface area contributed by atoms with Gasteiger partial charge in [-0.25, -0.2) is 13.4 Å². The summed E-state index contributed by atoms with van der Waals surface area (Å²) < 4.78 is 68.6. The van der Waals surface area contributed by atoms with E-state index in [-0.39, 0.29) is 31.8 Å². The maximum atomic E-state index is 13.3. The molecule has 0 saturated carbocycles. The standard InChI is InChI=1S/C21H20F3N3O3S3/c1-31-20-26-16-7-6-14(12-17(16)32-20)25-19(28)13-8-10-27(11-9-13)33(29,30)18-5-3-2-4-15(18)21(22,23)24/h2-7,12-13H,8-11H2,1H3,(H,25,28). The van der Waals surface area contributed by atoms with Crippen LogP contribution in [0.15, 0.2) is 51.7 Å². The summed E-state index contributed by atoms with van der Waals surface area (Å²) in [4.78, 5) is 16.4. The molecule has 1 aliphatic rings. The first-order valence-corrected chi connectivity index (χ1v) is 13.5. The van der Waals surface area contributed by atoms with Crippen LogP contribution in [0.1, 0.15) is 18.4 Å². The molecule has 0 spiro atoms. The van der Waals surface area contributed by atoms with E-state index in [1.54, 1.807) is 17.8 Å². The van der Waals surface area contributed by atoms with Crippen molar-refractivity contribution in [3.05, 3.63) is 48.0 Å². The summed E-state index contributed by atoms with van der Waals surface area (Å²) >= 11 is 3.07. The van der Waals surface area contributed by atoms with Crippen LogP contribution in [0.2, 0.25) is 0 Å². The number of aromatic nitrogens is 1. The van der Waals surface area contributed by atoms with E-state index in [1.807, 2.05) is 18.4 Å². The van der Waals surface area contributed by atoms with Crippen LogP contribution in [0, 0.1) is 5.92 Å². The molecule has 0 atom stereocenters. The molecular weight excluding hydrogens is 495 g/mol. The second-order valence-corrected chi connectivity index (χ2v) is 11.5. The number of piperidine rings is 1. The Balaban J connectivity index is 1.43. The van der Waals surface area contributed by atoms with Gasteiger partial charge >= 0.3 is 6.18 Å². The van der Waals surface area contributed by atoms with Crippen LogP contribution in [0.4, 0.5) is 18.9 Å². The van der Waals surface area contributed by atoms with Crippen LogP contribution >= 0.6 is 23.1 Å². The lowest BCUT2D eigenvalue weighted by Gasteiger charge is -2.31. The SMILES string of the molecule is CSc1nc2ccc(NC(=O)C3CCN(S(=O)(=O)c4ccccc4C(F)(F)F)CC3)cc2s1. The number of thioether (sulfide) groups is 1. The zero-order valence-electron chi connectivity index (χ0n) is 17.4. The van der Waals surface area contributed by atoms with E-state index in [0.29, 0.717) is 5.69 Å². The largest absolute Gasteiger partial charge is 0.417 e. The van der Waals surface area contributed by atoms with Gasteiger partial charge in [0.1, 0.15) is 0 Å². The van der Waals surface area contributed by atoms with Crippen molar-refractivity contribution in [1.29, 1.82) is 0 Å². The highest BCUT2D eigenvalue weighted by atomic mass is 32.2. The zero-order valence-corrected chi connectivity index (χ0v) is 19.9. The summed E-state index contributed by atoms with van der Waals surface area (Å²) in [7, 11) is -4.33. The van der Waals surface area contributed by atoms with Crippen molar-refractivity contribution in [2.45, 2.75) is 28.3 Å². The maximum absolute atomic E-state index is 13.3. The van der Waals surface area contributed by atoms with Crippen molar-refractivity contribution in [3.63, 3.8) is 0 Å². The van der Waals surface area contributed by atoms with Crippen LogP contribution < -0.4 is 5.32 Å². The minimum Gasteiger partial charge on any atom is -0.326 e. The lowest BCUT2D eigenvalue weighted by Crippen LogP contribution is -2.41. The van der Waals surface area contributed by atoms with Crippen molar-refractivity contribution >= 4 is 54.9 Å². The lowest BCUT2D eigenvalue weighted by atomic mass is 9.97. The molecule has 2 aromatic carbocycles. The van der Waals surface area contributed by atoms with E-state index in [0.717, 1.165) is 37.1 Å². The molecule has 1 amide bonds. The summed E-state index contributed by atoms with van der Waals surface area (Å²) in [5.74, 6) is -0.676. The Hall–Kier alpha value is -2.15. The van der Waals surface area contributed by atoms with Crippen molar-refractivity contribution in [1.82, 2.24) is 9.29 Å². The molecule has 176 valence electrons. The number of carbonyl (C=O) groups excluding carboxylic acids is 1. The third-order valence-corrected chi connectivity index (χ3v) is 9.41. The topological polar surface area (TPSA) is 79.4 Å². The molecule has 6 nitrogen and oxygen atoms in total. The van der Waals surface area contributed by atoms with Crippen LogP contribution in [0.25, 0.3) is 10.2 Å². The Morgan fingerprint density at radius 2 is 1.88 bits per heavy atom. The van der Waals surface area contributed by atoms with Crippen molar-refractivity contribution in [2.75, 3.05) is 24.7 Å². The number of fused-ring (bicyclic) bond motifs is 1. The molecule has 1 aliphatic heterocycles. The smallest absolute Gasteiger partial charge is 0.326 e. The Kier molecular flexibility index (Phi) is 6.72. The second kappa shape index (κ2) is 9.24. The third-order valence-electron chi connectivity index (χ3n) is 5.45. The van der Waals surface area contributed by atoms with Crippen molar-refractivity contribution in [2.24, 2.45) is 5.92 Å². The quantitative estimate of drug-likeness (QED) is 0.480. The Morgan fingerprint density at radius 3 is 2.55 bits per heavy atom. The summed E-state index contributed by atoms with van der Waals surface area (Å²) in [6.45, 7) is -0.0604. The average Bonchev–Trinajstić information content (AvgIpc) is 3.21. The van der Waals surface area contributed by atoms with Gasteiger partial charge in [0.05, 0.1) is 20.7 Å². The fourth-order valence-electron chi connectivity index (χ4n) is 3.74. The van der Waals surface area contributed by atoms with Gasteiger partial charge in [0.2, 0.25) is 15.9 Å². The maximum Gasteiger partial charge on any atom is 0.417 e. The number of thiazole rings is 1. The predicted molar refractivity (Wildman–Crippen MR) is 123 cm³/mol. The normalized spacial score (nSPS) is 16.2. The first kappa shape index (κ1) is 24.0. The van der Waals surface area contributed by atoms with Gasteiger partial charge in [-0.2, -0.15) is 17.5 Å². The van der Waals surface area contributed by atoms with Gasteiger partial charge in [-0.05, 0) is 49.4 Å². The number of alkyl halides is 3. The highest BCUT2D eigenvalue weighted by Gasteiger charge is 2.40. The van der Waals surface area contributed by atoms with Crippen LogP contribution in [0.3, 0.4) is 0 Å². The van der Waals surface area contributed by atoms with E-state index in [1.165, 1.54) is 17.4 Å². The van der Waals surface area contributed by atoms with E-state index in [9.17, 15) is 26.4 Å². The van der Waals surface area contributed by atoms with Gasteiger partial charge in [0.25, 0.3) is 0 Å². The minimum atomic E-state index is -4.78. The first-order valence-electron chi connectivity index (χ1n) is 10.0. The molecule has 0 unspecified atom stereocenters. The van der Waals surface area contributed by atoms with Crippen molar-refractivity contribution < 1.29 is 26.4 Å². The number of benzene rings is 2. The van der Waals surface area contributed by atoms with Gasteiger partial charge in [-0.15, -0.1) is 11.3 Å². The van der Waals surface area contributed by atoms with Gasteiger partial charge in [0, 0.05) is 24.7 Å². The van der Waals surface area contributed by atoms with E-state index in [4.69, 9.17) is 0 Å². The number of rotatable bonds is 5. The van der Waals surface area contributed by atoms with E-state index in [2.05, 4.69) is 10.3 Å². The predicted octanol–water partition coefficient (Wildman–Crippen LogP) is 5.08. The van der Waals surface area contributed by atoms with Gasteiger partial charge in [-0.3, -0.25) is 4.79 Å². The highest BCUT2D eigenvalue weighted by Crippen LogP contribution is 2.36. The fraction of sp³-hybridized carbons (Fsp3) is 0.333. The first-order chi connectivity index (χ1) is 15.6. The Bertz CT molecular complexity index is 1280. The van der Waals surface area contributed by atoms with Crippen LogP contribution in [0.5, 0.6) is 0 Å². The number of halogens is 3. The third kappa shape index (κ3) is 5.03. The monoisotopic (exact) mass is 515 g/mol.